The second-order valence-corrected chi connectivity index (χ2v) is 4.62. The molecule has 17 heavy (non-hydrogen) atoms. The van der Waals surface area contributed by atoms with Crippen molar-refractivity contribution in [1.82, 2.24) is 10.6 Å². The third-order valence-corrected chi connectivity index (χ3v) is 1.89. The number of carbonyl (C=O) groups is 2. The van der Waals surface area contributed by atoms with E-state index in [9.17, 15) is 9.59 Å². The maximum atomic E-state index is 11.3. The van der Waals surface area contributed by atoms with E-state index < -0.39 is 5.54 Å². The first-order valence-corrected chi connectivity index (χ1v) is 5.67. The molecule has 0 saturated heterocycles. The highest BCUT2D eigenvalue weighted by Crippen LogP contribution is 1.95. The van der Waals surface area contributed by atoms with Crippen molar-refractivity contribution in [2.75, 3.05) is 13.1 Å². The summed E-state index contributed by atoms with van der Waals surface area (Å²) in [5.74, 6) is -0.214. The molecule has 0 atom stereocenters. The van der Waals surface area contributed by atoms with Crippen molar-refractivity contribution in [3.63, 3.8) is 0 Å². The number of amides is 2. The lowest BCUT2D eigenvalue weighted by Gasteiger charge is -2.18. The Morgan fingerprint density at radius 3 is 2.00 bits per heavy atom. The van der Waals surface area contributed by atoms with Crippen LogP contribution in [0.5, 0.6) is 0 Å². The second kappa shape index (κ2) is 9.24. The van der Waals surface area contributed by atoms with Gasteiger partial charge in [-0.1, -0.05) is 6.92 Å². The molecule has 0 fully saturated rings. The quantitative estimate of drug-likeness (QED) is 0.629. The molecule has 6 heteroatoms. The number of carbonyl (C=O) groups excluding carboxylic acids is 2. The van der Waals surface area contributed by atoms with Crippen molar-refractivity contribution in [3.05, 3.63) is 0 Å². The average Bonchev–Trinajstić information content (AvgIpc) is 2.19. The third kappa shape index (κ3) is 13.1. The van der Waals surface area contributed by atoms with Crippen LogP contribution in [0.3, 0.4) is 0 Å². The molecule has 0 aliphatic carbocycles. The number of halogens is 1. The summed E-state index contributed by atoms with van der Waals surface area (Å²) < 4.78 is 0. The minimum atomic E-state index is -0.417. The monoisotopic (exact) mass is 265 g/mol. The Kier molecular flexibility index (Phi) is 10.1. The average molecular weight is 266 g/mol. The smallest absolute Gasteiger partial charge is 0.220 e. The molecule has 0 heterocycles. The first-order valence-electron chi connectivity index (χ1n) is 5.67. The highest BCUT2D eigenvalue weighted by atomic mass is 35.5. The summed E-state index contributed by atoms with van der Waals surface area (Å²) >= 11 is 0. The van der Waals surface area contributed by atoms with Gasteiger partial charge in [0.15, 0.2) is 0 Å². The van der Waals surface area contributed by atoms with Crippen LogP contribution >= 0.6 is 12.4 Å². The fourth-order valence-corrected chi connectivity index (χ4v) is 0.995. The highest BCUT2D eigenvalue weighted by molar-refractivity contribution is 5.85. The Bertz CT molecular complexity index is 239. The van der Waals surface area contributed by atoms with Crippen molar-refractivity contribution in [1.29, 1.82) is 0 Å². The van der Waals surface area contributed by atoms with Crippen LogP contribution in [-0.2, 0) is 9.59 Å². The summed E-state index contributed by atoms with van der Waals surface area (Å²) in [6, 6.07) is 0. The Balaban J connectivity index is 0. The Hall–Kier alpha value is -0.810. The largest absolute Gasteiger partial charge is 0.356 e. The Morgan fingerprint density at radius 1 is 1.12 bits per heavy atom. The number of nitrogens with one attached hydrogen (secondary N) is 2. The van der Waals surface area contributed by atoms with E-state index in [2.05, 4.69) is 10.6 Å². The van der Waals surface area contributed by atoms with Gasteiger partial charge in [-0.3, -0.25) is 9.59 Å². The van der Waals surface area contributed by atoms with Gasteiger partial charge in [-0.15, -0.1) is 12.4 Å². The Labute approximate surface area is 109 Å². The van der Waals surface area contributed by atoms with Crippen LogP contribution < -0.4 is 16.4 Å². The fourth-order valence-electron chi connectivity index (χ4n) is 0.995. The van der Waals surface area contributed by atoms with E-state index in [0.717, 1.165) is 6.42 Å². The molecule has 0 aromatic heterocycles. The van der Waals surface area contributed by atoms with Gasteiger partial charge in [-0.25, -0.2) is 0 Å². The minimum Gasteiger partial charge on any atom is -0.356 e. The molecule has 0 aliphatic heterocycles. The van der Waals surface area contributed by atoms with Crippen molar-refractivity contribution >= 4 is 24.2 Å². The second-order valence-electron chi connectivity index (χ2n) is 4.62. The number of nitrogens with two attached hydrogens (primary N) is 1. The number of hydrogen-bond acceptors (Lipinski definition) is 3. The topological polar surface area (TPSA) is 84.2 Å². The predicted octanol–water partition coefficient (Wildman–Crippen LogP) is 0.568. The van der Waals surface area contributed by atoms with Crippen molar-refractivity contribution in [3.8, 4) is 0 Å². The van der Waals surface area contributed by atoms with Crippen LogP contribution in [0.1, 0.15) is 40.0 Å². The lowest BCUT2D eigenvalue weighted by atomic mass is 10.1. The number of hydrogen-bond donors (Lipinski definition) is 3. The SMILES string of the molecule is CCCNC(=O)CCC(=O)NCC(C)(C)N.Cl. The molecule has 0 radical (unpaired) electrons. The molecule has 0 spiro atoms. The number of rotatable bonds is 7. The summed E-state index contributed by atoms with van der Waals surface area (Å²) in [6.07, 6.45) is 1.35. The van der Waals surface area contributed by atoms with E-state index >= 15 is 0 Å². The van der Waals surface area contributed by atoms with Crippen molar-refractivity contribution in [2.24, 2.45) is 5.73 Å². The molecule has 4 N–H and O–H groups in total. The summed E-state index contributed by atoms with van der Waals surface area (Å²) in [6.45, 7) is 6.73. The maximum Gasteiger partial charge on any atom is 0.220 e. The molecule has 0 saturated carbocycles. The van der Waals surface area contributed by atoms with Gasteiger partial charge in [0, 0.05) is 31.5 Å². The van der Waals surface area contributed by atoms with E-state index in [1.807, 2.05) is 20.8 Å². The lowest BCUT2D eigenvalue weighted by Crippen LogP contribution is -2.45. The first kappa shape index (κ1) is 18.6. The van der Waals surface area contributed by atoms with Gasteiger partial charge in [0.05, 0.1) is 0 Å². The predicted molar refractivity (Wildman–Crippen MR) is 71.1 cm³/mol. The maximum absolute atomic E-state index is 11.3. The molecule has 102 valence electrons. The summed E-state index contributed by atoms with van der Waals surface area (Å²) in [5.41, 5.74) is 5.29. The van der Waals surface area contributed by atoms with Gasteiger partial charge in [0.2, 0.25) is 11.8 Å². The normalized spacial score (nSPS) is 10.4. The van der Waals surface area contributed by atoms with Gasteiger partial charge in [0.1, 0.15) is 0 Å². The van der Waals surface area contributed by atoms with E-state index in [1.165, 1.54) is 0 Å². The molecule has 0 aromatic carbocycles. The summed E-state index contributed by atoms with van der Waals surface area (Å²) in [7, 11) is 0. The summed E-state index contributed by atoms with van der Waals surface area (Å²) in [5, 5.41) is 5.41. The molecular formula is C11H24ClN3O2. The summed E-state index contributed by atoms with van der Waals surface area (Å²) in [4.78, 5) is 22.5. The van der Waals surface area contributed by atoms with E-state index in [1.54, 1.807) is 0 Å². The van der Waals surface area contributed by atoms with E-state index in [4.69, 9.17) is 5.73 Å². The standard InChI is InChI=1S/C11H23N3O2.ClH/c1-4-7-13-9(15)5-6-10(16)14-8-11(2,3)12;/h4-8,12H2,1-3H3,(H,13,15)(H,14,16);1H. The van der Waals surface area contributed by atoms with Gasteiger partial charge < -0.3 is 16.4 Å². The van der Waals surface area contributed by atoms with Gasteiger partial charge in [0.25, 0.3) is 0 Å². The zero-order valence-corrected chi connectivity index (χ0v) is 11.7. The molecule has 0 aromatic rings. The van der Waals surface area contributed by atoms with Crippen LogP contribution in [0.2, 0.25) is 0 Å². The van der Waals surface area contributed by atoms with Gasteiger partial charge >= 0.3 is 0 Å². The van der Waals surface area contributed by atoms with Crippen LogP contribution in [0.4, 0.5) is 0 Å². The van der Waals surface area contributed by atoms with Crippen LogP contribution in [0.25, 0.3) is 0 Å². The van der Waals surface area contributed by atoms with Crippen molar-refractivity contribution < 1.29 is 9.59 Å². The van der Waals surface area contributed by atoms with Crippen molar-refractivity contribution in [2.45, 2.75) is 45.6 Å². The zero-order chi connectivity index (χ0) is 12.6. The van der Waals surface area contributed by atoms with Crippen LogP contribution in [-0.4, -0.2) is 30.4 Å². The molecule has 0 unspecified atom stereocenters. The molecule has 0 rings (SSSR count). The third-order valence-electron chi connectivity index (χ3n) is 1.89. The van der Waals surface area contributed by atoms with E-state index in [-0.39, 0.29) is 37.1 Å². The highest BCUT2D eigenvalue weighted by Gasteiger charge is 2.12. The Morgan fingerprint density at radius 2 is 1.59 bits per heavy atom. The zero-order valence-electron chi connectivity index (χ0n) is 10.8. The van der Waals surface area contributed by atoms with E-state index in [0.29, 0.717) is 13.1 Å². The molecule has 0 bridgehead atoms. The minimum absolute atomic E-state index is 0. The fraction of sp³-hybridized carbons (Fsp3) is 0.818. The lowest BCUT2D eigenvalue weighted by molar-refractivity contribution is -0.126. The van der Waals surface area contributed by atoms with Gasteiger partial charge in [-0.05, 0) is 20.3 Å². The molecule has 5 nitrogen and oxygen atoms in total. The molecule has 2 amide bonds. The molecule has 0 aliphatic rings. The first-order chi connectivity index (χ1) is 7.35. The molecular weight excluding hydrogens is 242 g/mol. The van der Waals surface area contributed by atoms with Crippen LogP contribution in [0, 0.1) is 0 Å². The van der Waals surface area contributed by atoms with Gasteiger partial charge in [-0.2, -0.15) is 0 Å². The van der Waals surface area contributed by atoms with Crippen LogP contribution in [0.15, 0.2) is 0 Å².